The second-order valence-corrected chi connectivity index (χ2v) is 6.44. The van der Waals surface area contributed by atoms with Crippen molar-refractivity contribution in [2.24, 2.45) is 0 Å². The molecule has 0 N–H and O–H groups in total. The number of nitriles is 1. The van der Waals surface area contributed by atoms with Gasteiger partial charge in [-0.25, -0.2) is 4.79 Å². The first kappa shape index (κ1) is 17.5. The molecule has 28 heavy (non-hydrogen) atoms. The van der Waals surface area contributed by atoms with E-state index >= 15 is 0 Å². The molecule has 1 heterocycles. The Morgan fingerprint density at radius 2 is 1.54 bits per heavy atom. The Morgan fingerprint density at radius 1 is 0.929 bits per heavy atom. The van der Waals surface area contributed by atoms with Crippen molar-refractivity contribution < 1.29 is 14.3 Å². The zero-order chi connectivity index (χ0) is 19.6. The number of amides is 1. The van der Waals surface area contributed by atoms with Gasteiger partial charge in [-0.3, -0.25) is 4.79 Å². The van der Waals surface area contributed by atoms with Crippen molar-refractivity contribution in [2.75, 3.05) is 4.90 Å². The van der Waals surface area contributed by atoms with E-state index in [2.05, 4.69) is 0 Å². The van der Waals surface area contributed by atoms with Crippen molar-refractivity contribution in [2.45, 2.75) is 12.1 Å². The summed E-state index contributed by atoms with van der Waals surface area (Å²) in [6.45, 7) is 0.281. The summed E-state index contributed by atoms with van der Waals surface area (Å²) in [5, 5.41) is 9.94. The van der Waals surface area contributed by atoms with Gasteiger partial charge in [-0.05, 0) is 23.8 Å². The number of anilines is 1. The fourth-order valence-electron chi connectivity index (χ4n) is 3.35. The first-order valence-electron chi connectivity index (χ1n) is 8.81. The molecule has 3 aromatic carbocycles. The minimum Gasteiger partial charge on any atom is -0.426 e. The SMILES string of the molecule is N#CC1(OC(=O)c2ccccc2)C(=O)N(Cc2ccccc2)c2ccccc21. The predicted octanol–water partition coefficient (Wildman–Crippen LogP) is 3.81. The molecule has 0 aliphatic carbocycles. The van der Waals surface area contributed by atoms with Crippen LogP contribution in [0.5, 0.6) is 0 Å². The summed E-state index contributed by atoms with van der Waals surface area (Å²) in [6.07, 6.45) is 0. The van der Waals surface area contributed by atoms with Crippen molar-refractivity contribution in [3.63, 3.8) is 0 Å². The van der Waals surface area contributed by atoms with Gasteiger partial charge in [0.1, 0.15) is 6.07 Å². The lowest BCUT2D eigenvalue weighted by molar-refractivity contribution is -0.132. The Morgan fingerprint density at radius 3 is 2.21 bits per heavy atom. The summed E-state index contributed by atoms with van der Waals surface area (Å²) in [5.41, 5.74) is 0.136. The molecule has 0 radical (unpaired) electrons. The largest absolute Gasteiger partial charge is 0.426 e. The zero-order valence-corrected chi connectivity index (χ0v) is 14.9. The van der Waals surface area contributed by atoms with Gasteiger partial charge >= 0.3 is 11.6 Å². The van der Waals surface area contributed by atoms with Gasteiger partial charge in [0.2, 0.25) is 0 Å². The summed E-state index contributed by atoms with van der Waals surface area (Å²) in [4.78, 5) is 27.4. The Labute approximate surface area is 162 Å². The second-order valence-electron chi connectivity index (χ2n) is 6.44. The van der Waals surface area contributed by atoms with E-state index in [4.69, 9.17) is 4.74 Å². The number of fused-ring (bicyclic) bond motifs is 1. The molecular formula is C23H16N2O3. The number of ether oxygens (including phenoxy) is 1. The van der Waals surface area contributed by atoms with Crippen LogP contribution in [-0.2, 0) is 21.7 Å². The Bertz CT molecular complexity index is 1070. The molecular weight excluding hydrogens is 352 g/mol. The molecule has 0 aromatic heterocycles. The van der Waals surface area contributed by atoms with Crippen LogP contribution in [0, 0.1) is 11.3 Å². The highest BCUT2D eigenvalue weighted by Gasteiger charge is 2.55. The summed E-state index contributed by atoms with van der Waals surface area (Å²) in [6, 6.07) is 26.7. The molecule has 0 saturated carbocycles. The van der Waals surface area contributed by atoms with Gasteiger partial charge in [-0.1, -0.05) is 66.7 Å². The van der Waals surface area contributed by atoms with Crippen LogP contribution in [0.25, 0.3) is 0 Å². The molecule has 0 spiro atoms. The number of carbonyl (C=O) groups excluding carboxylic acids is 2. The summed E-state index contributed by atoms with van der Waals surface area (Å²) in [7, 11) is 0. The van der Waals surface area contributed by atoms with Gasteiger partial charge in [-0.2, -0.15) is 5.26 Å². The lowest BCUT2D eigenvalue weighted by Gasteiger charge is -2.22. The Balaban J connectivity index is 1.74. The molecule has 0 saturated heterocycles. The third kappa shape index (κ3) is 2.81. The highest BCUT2D eigenvalue weighted by molar-refractivity contribution is 6.10. The molecule has 5 heteroatoms. The van der Waals surface area contributed by atoms with Crippen LogP contribution < -0.4 is 4.90 Å². The average Bonchev–Trinajstić information content (AvgIpc) is 2.98. The molecule has 1 atom stereocenters. The number of nitrogens with zero attached hydrogens (tertiary/aromatic N) is 2. The van der Waals surface area contributed by atoms with E-state index in [1.54, 1.807) is 54.6 Å². The molecule has 5 nitrogen and oxygen atoms in total. The van der Waals surface area contributed by atoms with E-state index in [0.29, 0.717) is 11.3 Å². The minimum absolute atomic E-state index is 0.281. The minimum atomic E-state index is -2.00. The van der Waals surface area contributed by atoms with Gasteiger partial charge in [0, 0.05) is 5.56 Å². The van der Waals surface area contributed by atoms with Crippen LogP contribution >= 0.6 is 0 Å². The van der Waals surface area contributed by atoms with Crippen LogP contribution in [0.1, 0.15) is 21.5 Å². The Kier molecular flexibility index (Phi) is 4.38. The van der Waals surface area contributed by atoms with Gasteiger partial charge in [0.25, 0.3) is 5.91 Å². The van der Waals surface area contributed by atoms with Crippen molar-refractivity contribution in [3.8, 4) is 6.07 Å². The molecule has 1 amide bonds. The third-order valence-corrected chi connectivity index (χ3v) is 4.72. The number of rotatable bonds is 4. The maximum Gasteiger partial charge on any atom is 0.340 e. The Hall–Kier alpha value is -3.91. The normalized spacial score (nSPS) is 17.7. The van der Waals surface area contributed by atoms with E-state index in [9.17, 15) is 14.9 Å². The van der Waals surface area contributed by atoms with Crippen LogP contribution in [-0.4, -0.2) is 11.9 Å². The highest BCUT2D eigenvalue weighted by Crippen LogP contribution is 2.43. The maximum absolute atomic E-state index is 13.3. The zero-order valence-electron chi connectivity index (χ0n) is 14.9. The van der Waals surface area contributed by atoms with E-state index in [0.717, 1.165) is 5.56 Å². The number of carbonyl (C=O) groups is 2. The first-order chi connectivity index (χ1) is 13.7. The number of para-hydroxylation sites is 1. The summed E-state index contributed by atoms with van der Waals surface area (Å²) >= 11 is 0. The van der Waals surface area contributed by atoms with E-state index in [-0.39, 0.29) is 12.1 Å². The summed E-state index contributed by atoms with van der Waals surface area (Å²) in [5.74, 6) is -1.28. The van der Waals surface area contributed by atoms with Crippen molar-refractivity contribution in [1.82, 2.24) is 0 Å². The molecule has 136 valence electrons. The van der Waals surface area contributed by atoms with Crippen LogP contribution in [0.2, 0.25) is 0 Å². The number of hydrogen-bond acceptors (Lipinski definition) is 4. The van der Waals surface area contributed by atoms with Crippen molar-refractivity contribution in [1.29, 1.82) is 5.26 Å². The predicted molar refractivity (Wildman–Crippen MR) is 103 cm³/mol. The van der Waals surface area contributed by atoms with E-state index < -0.39 is 17.5 Å². The second kappa shape index (κ2) is 7.01. The van der Waals surface area contributed by atoms with Gasteiger partial charge in [0.05, 0.1) is 17.8 Å². The van der Waals surface area contributed by atoms with Crippen LogP contribution in [0.15, 0.2) is 84.9 Å². The smallest absolute Gasteiger partial charge is 0.340 e. The molecule has 3 aromatic rings. The highest BCUT2D eigenvalue weighted by atomic mass is 16.6. The molecule has 0 fully saturated rings. The topological polar surface area (TPSA) is 70.4 Å². The lowest BCUT2D eigenvalue weighted by Crippen LogP contribution is -2.42. The average molecular weight is 368 g/mol. The van der Waals surface area contributed by atoms with E-state index in [1.165, 1.54) is 4.90 Å². The number of esters is 1. The maximum atomic E-state index is 13.3. The molecule has 1 aliphatic rings. The summed E-state index contributed by atoms with van der Waals surface area (Å²) < 4.78 is 5.55. The number of benzene rings is 3. The molecule has 4 rings (SSSR count). The van der Waals surface area contributed by atoms with Crippen molar-refractivity contribution in [3.05, 3.63) is 102 Å². The lowest BCUT2D eigenvalue weighted by atomic mass is 9.96. The van der Waals surface area contributed by atoms with Crippen LogP contribution in [0.4, 0.5) is 5.69 Å². The van der Waals surface area contributed by atoms with Gasteiger partial charge < -0.3 is 9.64 Å². The molecule has 1 aliphatic heterocycles. The fourth-order valence-corrected chi connectivity index (χ4v) is 3.35. The first-order valence-corrected chi connectivity index (χ1v) is 8.81. The fraction of sp³-hybridized carbons (Fsp3) is 0.0870. The molecule has 1 unspecified atom stereocenters. The van der Waals surface area contributed by atoms with Crippen molar-refractivity contribution >= 4 is 17.6 Å². The van der Waals surface area contributed by atoms with Gasteiger partial charge in [-0.15, -0.1) is 0 Å². The quantitative estimate of drug-likeness (QED) is 0.657. The third-order valence-electron chi connectivity index (χ3n) is 4.72. The number of hydrogen-bond donors (Lipinski definition) is 0. The molecule has 0 bridgehead atoms. The van der Waals surface area contributed by atoms with Gasteiger partial charge in [0.15, 0.2) is 0 Å². The van der Waals surface area contributed by atoms with E-state index in [1.807, 2.05) is 36.4 Å². The monoisotopic (exact) mass is 368 g/mol. The standard InChI is InChI=1S/C23H16N2O3/c24-16-23(28-21(26)18-11-5-2-6-12-18)19-13-7-8-14-20(19)25(22(23)27)15-17-9-3-1-4-10-17/h1-14H,15H2. The van der Waals surface area contributed by atoms with Crippen LogP contribution in [0.3, 0.4) is 0 Å².